The second-order valence-electron chi connectivity index (χ2n) is 6.84. The summed E-state index contributed by atoms with van der Waals surface area (Å²) in [6.07, 6.45) is -4.63. The first-order chi connectivity index (χ1) is 12.5. The van der Waals surface area contributed by atoms with Crippen molar-refractivity contribution in [2.75, 3.05) is 6.61 Å². The fourth-order valence-electron chi connectivity index (χ4n) is 3.23. The van der Waals surface area contributed by atoms with E-state index in [2.05, 4.69) is 15.9 Å². The van der Waals surface area contributed by atoms with E-state index in [1.807, 2.05) is 24.3 Å². The fraction of sp³-hybridized carbons (Fsp3) is 0.368. The lowest BCUT2D eigenvalue weighted by Crippen LogP contribution is -2.42. The average Bonchev–Trinajstić information content (AvgIpc) is 2.61. The van der Waals surface area contributed by atoms with Crippen LogP contribution >= 0.6 is 15.9 Å². The van der Waals surface area contributed by atoms with Crippen molar-refractivity contribution in [2.24, 2.45) is 0 Å². The fourth-order valence-corrected chi connectivity index (χ4v) is 5.33. The van der Waals surface area contributed by atoms with Gasteiger partial charge in [0.1, 0.15) is 0 Å². The summed E-state index contributed by atoms with van der Waals surface area (Å²) >= 11 is 3.35. The molecule has 0 aliphatic carbocycles. The topological polar surface area (TPSA) is 43.4 Å². The molecule has 3 rings (SSSR count). The number of hydrogen-bond donors (Lipinski definition) is 0. The zero-order valence-corrected chi connectivity index (χ0v) is 16.9. The quantitative estimate of drug-likeness (QED) is 0.600. The van der Waals surface area contributed by atoms with Crippen molar-refractivity contribution in [3.63, 3.8) is 0 Å². The molecule has 2 aromatic carbocycles. The third-order valence-electron chi connectivity index (χ3n) is 4.93. The molecule has 27 heavy (non-hydrogen) atoms. The van der Waals surface area contributed by atoms with E-state index in [1.165, 1.54) is 6.07 Å². The predicted octanol–water partition coefficient (Wildman–Crippen LogP) is 5.55. The maximum absolute atomic E-state index is 13.2. The van der Waals surface area contributed by atoms with E-state index < -0.39 is 32.4 Å². The smallest absolute Gasteiger partial charge is 0.373 e. The number of halogens is 4. The molecule has 146 valence electrons. The van der Waals surface area contributed by atoms with Gasteiger partial charge in [-0.05, 0) is 55.7 Å². The minimum Gasteiger partial charge on any atom is -0.373 e. The first-order valence-corrected chi connectivity index (χ1v) is 10.6. The number of ether oxygens (including phenoxy) is 1. The van der Waals surface area contributed by atoms with E-state index in [4.69, 9.17) is 4.74 Å². The zero-order valence-electron chi connectivity index (χ0n) is 14.5. The van der Waals surface area contributed by atoms with Gasteiger partial charge in [0.25, 0.3) is 0 Å². The van der Waals surface area contributed by atoms with Gasteiger partial charge < -0.3 is 4.74 Å². The van der Waals surface area contributed by atoms with Gasteiger partial charge in [0.15, 0.2) is 9.84 Å². The monoisotopic (exact) mass is 462 g/mol. The summed E-state index contributed by atoms with van der Waals surface area (Å²) in [5.41, 5.74) is -0.132. The summed E-state index contributed by atoms with van der Waals surface area (Å²) in [6.45, 7) is 1.80. The maximum Gasteiger partial charge on any atom is 0.416 e. The summed E-state index contributed by atoms with van der Waals surface area (Å²) < 4.78 is 70.8. The molecule has 1 saturated heterocycles. The Morgan fingerprint density at radius 2 is 1.81 bits per heavy atom. The Hall–Kier alpha value is -1.38. The molecule has 1 aliphatic heterocycles. The SMILES string of the molecule is CC1(S(=O)(=O)c2cccc(C(F)(F)F)c2)CCOC(c2ccc(Br)cc2)C1. The number of sulfone groups is 1. The van der Waals surface area contributed by atoms with E-state index >= 15 is 0 Å². The summed E-state index contributed by atoms with van der Waals surface area (Å²) in [5.74, 6) is 0. The third kappa shape index (κ3) is 4.07. The van der Waals surface area contributed by atoms with Crippen LogP contribution in [0, 0.1) is 0 Å². The summed E-state index contributed by atoms with van der Waals surface area (Å²) in [7, 11) is -3.98. The molecule has 8 heteroatoms. The molecule has 1 heterocycles. The van der Waals surface area contributed by atoms with Crippen molar-refractivity contribution in [3.05, 3.63) is 64.1 Å². The molecule has 0 saturated carbocycles. The highest BCUT2D eigenvalue weighted by Gasteiger charge is 2.45. The van der Waals surface area contributed by atoms with Crippen molar-refractivity contribution in [1.29, 1.82) is 0 Å². The van der Waals surface area contributed by atoms with Crippen LogP contribution in [0.15, 0.2) is 57.9 Å². The van der Waals surface area contributed by atoms with E-state index in [0.29, 0.717) is 6.07 Å². The lowest BCUT2D eigenvalue weighted by Gasteiger charge is -2.38. The number of hydrogen-bond acceptors (Lipinski definition) is 3. The Bertz CT molecular complexity index is 926. The van der Waals surface area contributed by atoms with Gasteiger partial charge in [0.2, 0.25) is 0 Å². The van der Waals surface area contributed by atoms with Crippen LogP contribution in [0.2, 0.25) is 0 Å². The van der Waals surface area contributed by atoms with Gasteiger partial charge in [-0.2, -0.15) is 13.2 Å². The maximum atomic E-state index is 13.2. The van der Waals surface area contributed by atoms with E-state index in [9.17, 15) is 21.6 Å². The van der Waals surface area contributed by atoms with Crippen molar-refractivity contribution >= 4 is 25.8 Å². The molecule has 1 aliphatic rings. The highest BCUT2D eigenvalue weighted by atomic mass is 79.9. The average molecular weight is 463 g/mol. The normalized spacial score (nSPS) is 24.0. The molecule has 2 unspecified atom stereocenters. The van der Waals surface area contributed by atoms with Crippen LogP contribution in [0.3, 0.4) is 0 Å². The van der Waals surface area contributed by atoms with Crippen molar-refractivity contribution in [3.8, 4) is 0 Å². The van der Waals surface area contributed by atoms with Crippen molar-refractivity contribution in [2.45, 2.75) is 41.7 Å². The molecule has 0 spiro atoms. The van der Waals surface area contributed by atoms with Gasteiger partial charge in [0.05, 0.1) is 21.3 Å². The third-order valence-corrected chi connectivity index (χ3v) is 8.00. The van der Waals surface area contributed by atoms with Gasteiger partial charge in [-0.15, -0.1) is 0 Å². The minimum atomic E-state index is -4.60. The van der Waals surface area contributed by atoms with Crippen LogP contribution in [0.1, 0.15) is 37.0 Å². The predicted molar refractivity (Wildman–Crippen MR) is 99.1 cm³/mol. The van der Waals surface area contributed by atoms with Gasteiger partial charge in [0, 0.05) is 11.1 Å². The van der Waals surface area contributed by atoms with E-state index in [1.54, 1.807) is 6.92 Å². The Morgan fingerprint density at radius 3 is 2.44 bits per heavy atom. The molecule has 2 atom stereocenters. The van der Waals surface area contributed by atoms with Crippen LogP contribution in [0.5, 0.6) is 0 Å². The molecule has 0 aromatic heterocycles. The first-order valence-electron chi connectivity index (χ1n) is 8.32. The molecule has 3 nitrogen and oxygen atoms in total. The van der Waals surface area contributed by atoms with Crippen LogP contribution in [-0.2, 0) is 20.8 Å². The van der Waals surface area contributed by atoms with Gasteiger partial charge >= 0.3 is 6.18 Å². The van der Waals surface area contributed by atoms with Gasteiger partial charge in [-0.3, -0.25) is 0 Å². The van der Waals surface area contributed by atoms with Gasteiger partial charge in [-0.25, -0.2) is 8.42 Å². The Balaban J connectivity index is 1.94. The van der Waals surface area contributed by atoms with E-state index in [0.717, 1.165) is 22.2 Å². The Labute approximate surface area is 164 Å². The number of rotatable bonds is 3. The largest absolute Gasteiger partial charge is 0.416 e. The second-order valence-corrected chi connectivity index (χ2v) is 10.2. The van der Waals surface area contributed by atoms with Crippen molar-refractivity contribution in [1.82, 2.24) is 0 Å². The molecule has 0 bridgehead atoms. The van der Waals surface area contributed by atoms with Crippen LogP contribution < -0.4 is 0 Å². The molecular formula is C19H18BrF3O3S. The Kier molecular flexibility index (Phi) is 5.44. The van der Waals surface area contributed by atoms with Crippen molar-refractivity contribution < 1.29 is 26.3 Å². The van der Waals surface area contributed by atoms with E-state index in [-0.39, 0.29) is 24.3 Å². The molecule has 1 fully saturated rings. The molecule has 0 amide bonds. The van der Waals surface area contributed by atoms with Gasteiger partial charge in [-0.1, -0.05) is 34.1 Å². The Morgan fingerprint density at radius 1 is 1.15 bits per heavy atom. The van der Waals surface area contributed by atoms with Crippen LogP contribution in [0.4, 0.5) is 13.2 Å². The highest BCUT2D eigenvalue weighted by Crippen LogP contribution is 2.42. The standard InChI is InChI=1S/C19H18BrF3O3S/c1-18(9-10-26-17(12-18)13-5-7-15(20)8-6-13)27(24,25)16-4-2-3-14(11-16)19(21,22)23/h2-8,11,17H,9-10,12H2,1H3. The number of alkyl halides is 3. The molecule has 0 N–H and O–H groups in total. The second kappa shape index (κ2) is 7.22. The molecular weight excluding hydrogens is 445 g/mol. The summed E-state index contributed by atoms with van der Waals surface area (Å²) in [6, 6.07) is 11.3. The lowest BCUT2D eigenvalue weighted by molar-refractivity contribution is -0.137. The molecule has 0 radical (unpaired) electrons. The van der Waals surface area contributed by atoms with Crippen LogP contribution in [0.25, 0.3) is 0 Å². The number of benzene rings is 2. The van der Waals surface area contributed by atoms with Crippen LogP contribution in [-0.4, -0.2) is 19.8 Å². The highest BCUT2D eigenvalue weighted by molar-refractivity contribution is 9.10. The minimum absolute atomic E-state index is 0.174. The first kappa shape index (κ1) is 20.4. The summed E-state index contributed by atoms with van der Waals surface area (Å²) in [4.78, 5) is -0.309. The lowest BCUT2D eigenvalue weighted by atomic mass is 9.92. The summed E-state index contributed by atoms with van der Waals surface area (Å²) in [5, 5.41) is 0. The molecule has 2 aromatic rings. The zero-order chi connectivity index (χ0) is 19.9.